The van der Waals surface area contributed by atoms with E-state index >= 15 is 0 Å². The van der Waals surface area contributed by atoms with E-state index in [4.69, 9.17) is 74.3 Å². The minimum atomic E-state index is -2.25. The zero-order chi connectivity index (χ0) is 15.5. The molecular formula is C11H7Cl6NO2. The first kappa shape index (κ1) is 16.7. The number of aromatic nitrogens is 1. The SMILES string of the molecule is COc1cc(C)nc2c1C(Cl)(Cl)C(=O)C(Cl)(Cl)C2(Cl)Cl. The van der Waals surface area contributed by atoms with Crippen LogP contribution in [0.4, 0.5) is 0 Å². The summed E-state index contributed by atoms with van der Waals surface area (Å²) in [6.45, 7) is 1.68. The molecule has 20 heavy (non-hydrogen) atoms. The summed E-state index contributed by atoms with van der Waals surface area (Å²) in [5, 5.41) is 0. The van der Waals surface area contributed by atoms with E-state index in [0.717, 1.165) is 0 Å². The second-order valence-electron chi connectivity index (χ2n) is 4.24. The Morgan fingerprint density at radius 2 is 1.65 bits per heavy atom. The molecule has 0 saturated heterocycles. The number of hydrogen-bond acceptors (Lipinski definition) is 3. The number of fused-ring (bicyclic) bond motifs is 1. The lowest BCUT2D eigenvalue weighted by Gasteiger charge is -2.41. The topological polar surface area (TPSA) is 39.2 Å². The Labute approximate surface area is 145 Å². The van der Waals surface area contributed by atoms with E-state index in [9.17, 15) is 4.79 Å². The second kappa shape index (κ2) is 4.94. The minimum absolute atomic E-state index is 0.00715. The molecule has 9 heteroatoms. The van der Waals surface area contributed by atoms with Crippen LogP contribution in [0.15, 0.2) is 6.07 Å². The molecule has 0 unspecified atom stereocenters. The molecule has 2 rings (SSSR count). The van der Waals surface area contributed by atoms with Gasteiger partial charge in [-0.15, -0.1) is 0 Å². The van der Waals surface area contributed by atoms with Gasteiger partial charge in [0.1, 0.15) is 5.75 Å². The van der Waals surface area contributed by atoms with E-state index in [1.54, 1.807) is 13.0 Å². The quantitative estimate of drug-likeness (QED) is 0.658. The highest BCUT2D eigenvalue weighted by Crippen LogP contribution is 2.62. The third-order valence-corrected chi connectivity index (χ3v) is 5.85. The summed E-state index contributed by atoms with van der Waals surface area (Å²) in [5.74, 6) is -0.738. The first-order valence-corrected chi connectivity index (χ1v) is 7.49. The van der Waals surface area contributed by atoms with E-state index in [-0.39, 0.29) is 17.0 Å². The number of rotatable bonds is 1. The van der Waals surface area contributed by atoms with Gasteiger partial charge in [0.2, 0.25) is 14.4 Å². The Bertz CT molecular complexity index is 599. The number of hydrogen-bond donors (Lipinski definition) is 0. The number of pyridine rings is 1. The number of ketones is 1. The summed E-state index contributed by atoms with van der Waals surface area (Å²) < 4.78 is -1.17. The molecule has 110 valence electrons. The molecule has 0 radical (unpaired) electrons. The molecule has 1 aliphatic carbocycles. The highest BCUT2D eigenvalue weighted by atomic mass is 35.5. The summed E-state index contributed by atoms with van der Waals surface area (Å²) in [7, 11) is 1.39. The summed E-state index contributed by atoms with van der Waals surface area (Å²) in [4.78, 5) is 16.5. The van der Waals surface area contributed by atoms with Gasteiger partial charge in [-0.3, -0.25) is 9.78 Å². The van der Waals surface area contributed by atoms with E-state index < -0.39 is 18.8 Å². The van der Waals surface area contributed by atoms with Crippen molar-refractivity contribution in [3.63, 3.8) is 0 Å². The lowest BCUT2D eigenvalue weighted by atomic mass is 9.91. The maximum Gasteiger partial charge on any atom is 0.217 e. The maximum atomic E-state index is 12.3. The van der Waals surface area contributed by atoms with Gasteiger partial charge in [-0.1, -0.05) is 69.6 Å². The molecule has 0 aliphatic heterocycles. The van der Waals surface area contributed by atoms with Gasteiger partial charge in [0.25, 0.3) is 0 Å². The number of Topliss-reactive ketones (excluding diaryl/α,β-unsaturated/α-hetero) is 1. The molecule has 0 N–H and O–H groups in total. The van der Waals surface area contributed by atoms with Crippen molar-refractivity contribution in [2.75, 3.05) is 7.11 Å². The average Bonchev–Trinajstić information content (AvgIpc) is 2.34. The summed E-state index contributed by atoms with van der Waals surface area (Å²) in [6.07, 6.45) is 0. The van der Waals surface area contributed by atoms with Crippen LogP contribution in [0.5, 0.6) is 5.75 Å². The van der Waals surface area contributed by atoms with Crippen LogP contribution in [0, 0.1) is 6.92 Å². The van der Waals surface area contributed by atoms with Crippen LogP contribution in [0.2, 0.25) is 0 Å². The van der Waals surface area contributed by atoms with E-state index in [2.05, 4.69) is 4.98 Å². The lowest BCUT2D eigenvalue weighted by molar-refractivity contribution is -0.121. The Morgan fingerprint density at radius 1 is 1.10 bits per heavy atom. The summed E-state index contributed by atoms with van der Waals surface area (Å²) in [6, 6.07) is 1.55. The van der Waals surface area contributed by atoms with Crippen molar-refractivity contribution in [1.82, 2.24) is 4.98 Å². The number of carbonyl (C=O) groups is 1. The minimum Gasteiger partial charge on any atom is -0.496 e. The van der Waals surface area contributed by atoms with Crippen LogP contribution < -0.4 is 4.74 Å². The molecule has 0 bridgehead atoms. The van der Waals surface area contributed by atoms with Crippen LogP contribution in [-0.2, 0) is 13.5 Å². The molecular weight excluding hydrogens is 391 g/mol. The number of ether oxygens (including phenoxy) is 1. The normalized spacial score (nSPS) is 22.3. The van der Waals surface area contributed by atoms with Crippen molar-refractivity contribution in [2.45, 2.75) is 19.9 Å². The average molecular weight is 398 g/mol. The Kier molecular flexibility index (Phi) is 4.13. The fourth-order valence-corrected chi connectivity index (χ4v) is 3.69. The van der Waals surface area contributed by atoms with Gasteiger partial charge in [-0.05, 0) is 6.92 Å². The lowest BCUT2D eigenvalue weighted by Crippen LogP contribution is -2.53. The zero-order valence-electron chi connectivity index (χ0n) is 10.1. The molecule has 0 saturated carbocycles. The van der Waals surface area contributed by atoms with Crippen molar-refractivity contribution in [2.24, 2.45) is 0 Å². The van der Waals surface area contributed by atoms with Crippen LogP contribution in [-0.4, -0.2) is 22.2 Å². The van der Waals surface area contributed by atoms with Gasteiger partial charge in [-0.2, -0.15) is 0 Å². The number of halogens is 6. The fourth-order valence-electron chi connectivity index (χ4n) is 1.94. The van der Waals surface area contributed by atoms with Gasteiger partial charge in [-0.25, -0.2) is 0 Å². The van der Waals surface area contributed by atoms with Crippen molar-refractivity contribution >= 4 is 75.4 Å². The molecule has 0 atom stereocenters. The van der Waals surface area contributed by atoms with Crippen molar-refractivity contribution in [3.05, 3.63) is 23.0 Å². The number of alkyl halides is 6. The third kappa shape index (κ3) is 2.10. The van der Waals surface area contributed by atoms with Crippen molar-refractivity contribution < 1.29 is 9.53 Å². The van der Waals surface area contributed by atoms with Crippen LogP contribution in [0.25, 0.3) is 0 Å². The molecule has 1 aromatic heterocycles. The molecule has 0 spiro atoms. The monoisotopic (exact) mass is 395 g/mol. The van der Waals surface area contributed by atoms with E-state index in [0.29, 0.717) is 5.69 Å². The number of aryl methyl sites for hydroxylation is 1. The molecule has 1 aliphatic rings. The fraction of sp³-hybridized carbons (Fsp3) is 0.455. The Hall–Kier alpha value is 0.360. The van der Waals surface area contributed by atoms with Gasteiger partial charge < -0.3 is 4.74 Å². The van der Waals surface area contributed by atoms with Crippen molar-refractivity contribution in [1.29, 1.82) is 0 Å². The van der Waals surface area contributed by atoms with Gasteiger partial charge >= 0.3 is 0 Å². The number of carbonyl (C=O) groups excluding carboxylic acids is 1. The van der Waals surface area contributed by atoms with E-state index in [1.807, 2.05) is 0 Å². The molecule has 1 heterocycles. The molecule has 3 nitrogen and oxygen atoms in total. The maximum absolute atomic E-state index is 12.3. The third-order valence-electron chi connectivity index (χ3n) is 2.91. The molecule has 0 fully saturated rings. The summed E-state index contributed by atoms with van der Waals surface area (Å²) in [5.41, 5.74) is 0.557. The van der Waals surface area contributed by atoms with Crippen molar-refractivity contribution in [3.8, 4) is 5.75 Å². The molecule has 1 aromatic rings. The van der Waals surface area contributed by atoms with Crippen LogP contribution in [0.3, 0.4) is 0 Å². The van der Waals surface area contributed by atoms with Gasteiger partial charge in [0.15, 0.2) is 4.33 Å². The predicted octanol–water partition coefficient (Wildman–Crippen LogP) is 4.42. The summed E-state index contributed by atoms with van der Waals surface area (Å²) >= 11 is 36.5. The van der Waals surface area contributed by atoms with Gasteiger partial charge in [0.05, 0.1) is 18.4 Å². The Balaban J connectivity index is 2.93. The first-order chi connectivity index (χ1) is 8.97. The van der Waals surface area contributed by atoms with Crippen LogP contribution >= 0.6 is 69.6 Å². The second-order valence-corrected chi connectivity index (χ2v) is 8.22. The van der Waals surface area contributed by atoms with Gasteiger partial charge in [0, 0.05) is 11.8 Å². The predicted molar refractivity (Wildman–Crippen MR) is 81.7 cm³/mol. The molecule has 0 amide bonds. The van der Waals surface area contributed by atoms with E-state index in [1.165, 1.54) is 7.11 Å². The molecule has 0 aromatic carbocycles. The Morgan fingerprint density at radius 3 is 2.15 bits per heavy atom. The highest BCUT2D eigenvalue weighted by Gasteiger charge is 2.67. The number of nitrogens with zero attached hydrogens (tertiary/aromatic N) is 1. The smallest absolute Gasteiger partial charge is 0.217 e. The standard InChI is InChI=1S/C11H7Cl6NO2/c1-4-3-5(20-2)6-7(18-4)10(14,15)11(16,17)8(19)9(6,12)13/h3H,1-2H3. The zero-order valence-corrected chi connectivity index (χ0v) is 14.6. The largest absolute Gasteiger partial charge is 0.496 e. The van der Waals surface area contributed by atoms with Crippen LogP contribution in [0.1, 0.15) is 17.0 Å². The highest BCUT2D eigenvalue weighted by molar-refractivity contribution is 6.74. The first-order valence-electron chi connectivity index (χ1n) is 5.22. The number of methoxy groups -OCH3 is 1.